The van der Waals surface area contributed by atoms with Gasteiger partial charge in [-0.05, 0) is 12.3 Å². The van der Waals surface area contributed by atoms with Crippen LogP contribution >= 0.6 is 0 Å². The van der Waals surface area contributed by atoms with Gasteiger partial charge in [-0.3, -0.25) is 0 Å². The Hall–Kier alpha value is -1.22. The average molecular weight is 417 g/mol. The van der Waals surface area contributed by atoms with Crippen LogP contribution in [0.1, 0.15) is 34.6 Å². The Morgan fingerprint density at radius 3 is 1.39 bits per heavy atom. The second-order valence-electron chi connectivity index (χ2n) is 4.53. The molecule has 0 fully saturated rings. The molecular weight excluding hydrogens is 400 g/mol. The van der Waals surface area contributed by atoms with Crippen molar-refractivity contribution >= 4 is 12.8 Å². The van der Waals surface area contributed by atoms with E-state index in [-0.39, 0.29) is 5.41 Å². The first-order chi connectivity index (χ1) is 8.23. The summed E-state index contributed by atoms with van der Waals surface area (Å²) in [7, 11) is 0. The summed E-state index contributed by atoms with van der Waals surface area (Å²) in [6, 6.07) is 0. The Bertz CT molecular complexity index is 555. The van der Waals surface area contributed by atoms with Crippen LogP contribution in [0, 0.1) is 12.3 Å². The Morgan fingerprint density at radius 2 is 1.33 bits per heavy atom. The van der Waals surface area contributed by atoms with Gasteiger partial charge in [0.05, 0.1) is 0 Å². The standard InChI is InChI=1S/C11H17.3CO.W/c1-7-8(2)10(4)11(5,6)9(7)3;3*1-2;/h3H2,1-2,4-6H3;;;;/q-1;;;;. The molecule has 0 aliphatic heterocycles. The maximum atomic E-state index is 9.40. The smallest absolute Gasteiger partial charge is 0.0231 e. The van der Waals surface area contributed by atoms with Crippen LogP contribution in [0.5, 0.6) is 0 Å². The van der Waals surface area contributed by atoms with Gasteiger partial charge in [0.2, 0.25) is 0 Å². The molecule has 0 amide bonds. The van der Waals surface area contributed by atoms with Crippen LogP contribution in [0.4, 0.5) is 0 Å². The van der Waals surface area contributed by atoms with Crippen LogP contribution in [-0.2, 0) is 30.3 Å². The van der Waals surface area contributed by atoms with Crippen LogP contribution in [0.25, 0.3) is 0 Å². The number of carbonyl (C=O) groups excluding carboxylic acids is 3. The molecule has 0 aromatic carbocycles. The number of rotatable bonds is 0. The van der Waals surface area contributed by atoms with Crippen LogP contribution < -0.4 is 0 Å². The molecule has 0 saturated carbocycles. The van der Waals surface area contributed by atoms with Crippen molar-refractivity contribution in [3.8, 4) is 0 Å². The van der Waals surface area contributed by atoms with Crippen LogP contribution in [0.2, 0.25) is 0 Å². The Balaban J connectivity index is 0.000000360. The summed E-state index contributed by atoms with van der Waals surface area (Å²) < 4.78 is 3.90. The molecule has 0 radical (unpaired) electrons. The van der Waals surface area contributed by atoms with E-state index >= 15 is 0 Å². The molecule has 4 heteroatoms. The van der Waals surface area contributed by atoms with E-state index in [1.807, 2.05) is 0 Å². The molecule has 0 bridgehead atoms. The van der Waals surface area contributed by atoms with Gasteiger partial charge in [-0.2, -0.15) is 5.57 Å². The summed E-state index contributed by atoms with van der Waals surface area (Å²) in [5.41, 5.74) is 5.77. The zero-order chi connectivity index (χ0) is 14.5. The summed E-state index contributed by atoms with van der Waals surface area (Å²) in [5.74, 6) is 0. The molecular formula is C14H17O3W-. The normalized spacial score (nSPS) is 16.3. The van der Waals surface area contributed by atoms with E-state index in [1.165, 1.54) is 35.1 Å². The average Bonchev–Trinajstić information content (AvgIpc) is 2.48. The third-order valence-corrected chi connectivity index (χ3v) is 5.32. The fourth-order valence-corrected chi connectivity index (χ4v) is 2.09. The van der Waals surface area contributed by atoms with Crippen molar-refractivity contribution < 1.29 is 30.3 Å². The van der Waals surface area contributed by atoms with Gasteiger partial charge in [0.25, 0.3) is 0 Å². The van der Waals surface area contributed by atoms with Crippen molar-refractivity contribution in [2.75, 3.05) is 0 Å². The van der Waals surface area contributed by atoms with Crippen molar-refractivity contribution in [2.45, 2.75) is 34.6 Å². The summed E-state index contributed by atoms with van der Waals surface area (Å²) in [5, 5.41) is 0. The van der Waals surface area contributed by atoms with Gasteiger partial charge >= 0.3 is 43.1 Å². The summed E-state index contributed by atoms with van der Waals surface area (Å²) >= 11 is -3.05. The third-order valence-electron chi connectivity index (χ3n) is 3.52. The molecule has 0 atom stereocenters. The first kappa shape index (κ1) is 16.8. The van der Waals surface area contributed by atoms with Gasteiger partial charge in [-0.1, -0.05) is 26.3 Å². The largest absolute Gasteiger partial charge is 0.240 e. The maximum absolute atomic E-state index is 9.40. The van der Waals surface area contributed by atoms with E-state index in [2.05, 4.69) is 41.5 Å². The maximum Gasteiger partial charge on any atom is -0.0231 e. The molecule has 18 heavy (non-hydrogen) atoms. The minimum atomic E-state index is -3.05. The molecule has 1 rings (SSSR count). The van der Waals surface area contributed by atoms with Gasteiger partial charge in [0.15, 0.2) is 0 Å². The predicted octanol–water partition coefficient (Wildman–Crippen LogP) is 2.32. The van der Waals surface area contributed by atoms with Gasteiger partial charge in [-0.15, -0.1) is 12.5 Å². The van der Waals surface area contributed by atoms with E-state index in [1.54, 1.807) is 0 Å². The SMILES string of the molecule is O=[C]=[W](=[C]=O)=[C]=O.[CH2-]C1=C(C)C(C)=C(C)C1(C)C. The number of allylic oxidation sites excluding steroid dienone is 4. The number of hydrogen-bond acceptors (Lipinski definition) is 3. The van der Waals surface area contributed by atoms with E-state index in [4.69, 9.17) is 0 Å². The first-order valence-electron chi connectivity index (χ1n) is 5.33. The molecule has 0 heterocycles. The Morgan fingerprint density at radius 1 is 0.944 bits per heavy atom. The van der Waals surface area contributed by atoms with Crippen molar-refractivity contribution in [1.82, 2.24) is 0 Å². The third kappa shape index (κ3) is 3.39. The summed E-state index contributed by atoms with van der Waals surface area (Å²) in [6.07, 6.45) is 0. The van der Waals surface area contributed by atoms with Crippen molar-refractivity contribution in [3.05, 3.63) is 29.2 Å². The van der Waals surface area contributed by atoms with E-state index in [0.717, 1.165) is 0 Å². The van der Waals surface area contributed by atoms with Gasteiger partial charge in [-0.25, -0.2) is 12.5 Å². The topological polar surface area (TPSA) is 51.2 Å². The predicted molar refractivity (Wildman–Crippen MR) is 67.3 cm³/mol. The zero-order valence-electron chi connectivity index (χ0n) is 11.3. The van der Waals surface area contributed by atoms with Gasteiger partial charge in [0, 0.05) is 0 Å². The first-order valence-corrected chi connectivity index (χ1v) is 9.73. The zero-order valence-corrected chi connectivity index (χ0v) is 14.3. The monoisotopic (exact) mass is 417 g/mol. The van der Waals surface area contributed by atoms with Crippen molar-refractivity contribution in [3.63, 3.8) is 0 Å². The minimum Gasteiger partial charge on any atom is -0.240 e. The van der Waals surface area contributed by atoms with Crippen molar-refractivity contribution in [2.24, 2.45) is 5.41 Å². The quantitative estimate of drug-likeness (QED) is 0.569. The van der Waals surface area contributed by atoms with Crippen LogP contribution in [-0.4, -0.2) is 12.8 Å². The van der Waals surface area contributed by atoms with Crippen molar-refractivity contribution in [1.29, 1.82) is 0 Å². The van der Waals surface area contributed by atoms with E-state index < -0.39 is 15.9 Å². The molecule has 0 aromatic rings. The summed E-state index contributed by atoms with van der Waals surface area (Å²) in [4.78, 5) is 28.2. The van der Waals surface area contributed by atoms with Gasteiger partial charge in [0.1, 0.15) is 0 Å². The van der Waals surface area contributed by atoms with Crippen LogP contribution in [0.15, 0.2) is 22.3 Å². The second kappa shape index (κ2) is 6.64. The molecule has 0 aromatic heterocycles. The minimum absolute atomic E-state index is 0.203. The van der Waals surface area contributed by atoms with E-state index in [9.17, 15) is 14.4 Å². The molecule has 98 valence electrons. The number of hydrogen-bond donors (Lipinski definition) is 0. The Kier molecular flexibility index (Phi) is 6.19. The fraction of sp³-hybridized carbons (Fsp3) is 0.429. The molecule has 3 nitrogen and oxygen atoms in total. The second-order valence-corrected chi connectivity index (χ2v) is 8.53. The molecule has 1 aliphatic carbocycles. The molecule has 0 unspecified atom stereocenters. The molecule has 0 saturated heterocycles. The Labute approximate surface area is 112 Å². The molecule has 0 N–H and O–H groups in total. The summed E-state index contributed by atoms with van der Waals surface area (Å²) in [6.45, 7) is 15.1. The molecule has 0 spiro atoms. The van der Waals surface area contributed by atoms with E-state index in [0.29, 0.717) is 0 Å². The molecule has 1 aliphatic rings. The fourth-order valence-electron chi connectivity index (χ4n) is 1.72. The van der Waals surface area contributed by atoms with Crippen LogP contribution in [0.3, 0.4) is 0 Å². The van der Waals surface area contributed by atoms with Gasteiger partial charge < -0.3 is 0 Å².